The van der Waals surface area contributed by atoms with Crippen LogP contribution in [0.4, 0.5) is 0 Å². The molecule has 2 nitrogen and oxygen atoms in total. The third kappa shape index (κ3) is 1.95. The van der Waals surface area contributed by atoms with Gasteiger partial charge in [0.2, 0.25) is 0 Å². The number of fused-ring (bicyclic) bond motifs is 1. The number of aliphatic hydroxyl groups excluding tert-OH is 1. The van der Waals surface area contributed by atoms with Gasteiger partial charge in [-0.1, -0.05) is 25.1 Å². The zero-order chi connectivity index (χ0) is 10.8. The Balaban J connectivity index is 2.26. The number of carbonyl (C=O) groups is 1. The van der Waals surface area contributed by atoms with E-state index in [1.165, 1.54) is 17.5 Å². The fraction of sp³-hybridized carbons (Fsp3) is 0.462. The lowest BCUT2D eigenvalue weighted by atomic mass is 9.99. The van der Waals surface area contributed by atoms with Gasteiger partial charge < -0.3 is 5.11 Å². The molecule has 1 aromatic carbocycles. The summed E-state index contributed by atoms with van der Waals surface area (Å²) in [5.74, 6) is -0.104. The van der Waals surface area contributed by atoms with E-state index in [1.807, 2.05) is 18.2 Å². The lowest BCUT2D eigenvalue weighted by Gasteiger charge is -2.10. The molecule has 1 N–H and O–H groups in total. The quantitative estimate of drug-likeness (QED) is 0.819. The van der Waals surface area contributed by atoms with Crippen LogP contribution in [0.5, 0.6) is 0 Å². The molecule has 0 aliphatic heterocycles. The number of carbonyl (C=O) groups excluding carboxylic acids is 1. The molecule has 0 aromatic heterocycles. The SMILES string of the molecule is CCC(=O)C(O)c1ccc2c(c1)CCC2. The molecule has 1 unspecified atom stereocenters. The molecule has 2 heteroatoms. The van der Waals surface area contributed by atoms with Crippen LogP contribution in [0.2, 0.25) is 0 Å². The molecule has 15 heavy (non-hydrogen) atoms. The van der Waals surface area contributed by atoms with Crippen molar-refractivity contribution in [2.24, 2.45) is 0 Å². The van der Waals surface area contributed by atoms with Crippen LogP contribution in [0.15, 0.2) is 18.2 Å². The van der Waals surface area contributed by atoms with Crippen molar-refractivity contribution >= 4 is 5.78 Å². The first kappa shape index (κ1) is 10.4. The summed E-state index contributed by atoms with van der Waals surface area (Å²) in [7, 11) is 0. The monoisotopic (exact) mass is 204 g/mol. The number of ketones is 1. The molecule has 1 aliphatic carbocycles. The summed E-state index contributed by atoms with van der Waals surface area (Å²) in [5.41, 5.74) is 3.42. The van der Waals surface area contributed by atoms with Crippen LogP contribution >= 0.6 is 0 Å². The minimum atomic E-state index is -0.930. The minimum absolute atomic E-state index is 0.104. The van der Waals surface area contributed by atoms with Crippen molar-refractivity contribution in [1.29, 1.82) is 0 Å². The lowest BCUT2D eigenvalue weighted by molar-refractivity contribution is -0.127. The Morgan fingerprint density at radius 3 is 2.87 bits per heavy atom. The first-order chi connectivity index (χ1) is 7.22. The Hall–Kier alpha value is -1.15. The van der Waals surface area contributed by atoms with Crippen LogP contribution in [0, 0.1) is 0 Å². The van der Waals surface area contributed by atoms with Crippen molar-refractivity contribution in [1.82, 2.24) is 0 Å². The second-order valence-electron chi connectivity index (χ2n) is 4.10. The molecular formula is C13H16O2. The zero-order valence-electron chi connectivity index (χ0n) is 8.99. The number of Topliss-reactive ketones (excluding diaryl/α,β-unsaturated/α-hetero) is 1. The standard InChI is InChI=1S/C13H16O2/c1-2-12(14)13(15)11-7-6-9-4-3-5-10(9)8-11/h6-8,13,15H,2-5H2,1H3. The predicted molar refractivity (Wildman–Crippen MR) is 58.7 cm³/mol. The highest BCUT2D eigenvalue weighted by Crippen LogP contribution is 2.26. The molecule has 0 saturated carbocycles. The Kier molecular flexibility index (Phi) is 2.87. The molecule has 1 atom stereocenters. The van der Waals surface area contributed by atoms with E-state index >= 15 is 0 Å². The molecule has 0 heterocycles. The van der Waals surface area contributed by atoms with Crippen molar-refractivity contribution in [3.8, 4) is 0 Å². The highest BCUT2D eigenvalue weighted by Gasteiger charge is 2.18. The van der Waals surface area contributed by atoms with E-state index in [9.17, 15) is 9.90 Å². The normalized spacial score (nSPS) is 16.1. The summed E-state index contributed by atoms with van der Waals surface area (Å²) in [5, 5.41) is 9.77. The van der Waals surface area contributed by atoms with Crippen LogP contribution in [0.1, 0.15) is 42.6 Å². The van der Waals surface area contributed by atoms with Crippen molar-refractivity contribution in [3.05, 3.63) is 34.9 Å². The summed E-state index contributed by atoms with van der Waals surface area (Å²) in [4.78, 5) is 11.4. The fourth-order valence-corrected chi connectivity index (χ4v) is 2.14. The molecule has 2 rings (SSSR count). The number of rotatable bonds is 3. The van der Waals surface area contributed by atoms with E-state index in [2.05, 4.69) is 0 Å². The fourth-order valence-electron chi connectivity index (χ4n) is 2.14. The van der Waals surface area contributed by atoms with Gasteiger partial charge in [0.15, 0.2) is 5.78 Å². The molecular weight excluding hydrogens is 188 g/mol. The van der Waals surface area contributed by atoms with E-state index in [0.717, 1.165) is 18.4 Å². The van der Waals surface area contributed by atoms with Crippen molar-refractivity contribution in [2.75, 3.05) is 0 Å². The average Bonchev–Trinajstić information content (AvgIpc) is 2.73. The van der Waals surface area contributed by atoms with Crippen LogP contribution in [-0.4, -0.2) is 10.9 Å². The van der Waals surface area contributed by atoms with Gasteiger partial charge in [-0.3, -0.25) is 4.79 Å². The van der Waals surface area contributed by atoms with E-state index in [4.69, 9.17) is 0 Å². The molecule has 0 radical (unpaired) electrons. The average molecular weight is 204 g/mol. The predicted octanol–water partition coefficient (Wildman–Crippen LogP) is 2.19. The van der Waals surface area contributed by atoms with E-state index in [1.54, 1.807) is 6.92 Å². The third-order valence-corrected chi connectivity index (χ3v) is 3.09. The minimum Gasteiger partial charge on any atom is -0.381 e. The summed E-state index contributed by atoms with van der Waals surface area (Å²) >= 11 is 0. The molecule has 1 aliphatic rings. The summed E-state index contributed by atoms with van der Waals surface area (Å²) in [6.45, 7) is 1.78. The molecule has 0 fully saturated rings. The van der Waals surface area contributed by atoms with Gasteiger partial charge in [-0.15, -0.1) is 0 Å². The number of benzene rings is 1. The van der Waals surface area contributed by atoms with Gasteiger partial charge in [0.25, 0.3) is 0 Å². The van der Waals surface area contributed by atoms with Gasteiger partial charge in [0, 0.05) is 6.42 Å². The maximum atomic E-state index is 11.4. The van der Waals surface area contributed by atoms with Crippen LogP contribution < -0.4 is 0 Å². The first-order valence-electron chi connectivity index (χ1n) is 5.55. The second kappa shape index (κ2) is 4.15. The first-order valence-corrected chi connectivity index (χ1v) is 5.55. The molecule has 1 aromatic rings. The van der Waals surface area contributed by atoms with Gasteiger partial charge in [-0.05, 0) is 36.0 Å². The van der Waals surface area contributed by atoms with Crippen molar-refractivity contribution in [3.63, 3.8) is 0 Å². The molecule has 80 valence electrons. The highest BCUT2D eigenvalue weighted by molar-refractivity contribution is 5.83. The Bertz CT molecular complexity index is 382. The largest absolute Gasteiger partial charge is 0.381 e. The molecule has 0 amide bonds. The second-order valence-corrected chi connectivity index (χ2v) is 4.10. The molecule has 0 bridgehead atoms. The number of aliphatic hydroxyl groups is 1. The van der Waals surface area contributed by atoms with Crippen LogP contribution in [0.3, 0.4) is 0 Å². The van der Waals surface area contributed by atoms with Crippen LogP contribution in [-0.2, 0) is 17.6 Å². The van der Waals surface area contributed by atoms with Crippen molar-refractivity contribution < 1.29 is 9.90 Å². The molecule has 0 spiro atoms. The smallest absolute Gasteiger partial charge is 0.165 e. The number of hydrogen-bond acceptors (Lipinski definition) is 2. The summed E-state index contributed by atoms with van der Waals surface area (Å²) in [6.07, 6.45) is 2.86. The van der Waals surface area contributed by atoms with E-state index in [0.29, 0.717) is 6.42 Å². The summed E-state index contributed by atoms with van der Waals surface area (Å²) < 4.78 is 0. The van der Waals surface area contributed by atoms with Gasteiger partial charge >= 0.3 is 0 Å². The maximum absolute atomic E-state index is 11.4. The topological polar surface area (TPSA) is 37.3 Å². The van der Waals surface area contributed by atoms with Gasteiger partial charge in [0.1, 0.15) is 6.10 Å². The van der Waals surface area contributed by atoms with Gasteiger partial charge in [0.05, 0.1) is 0 Å². The van der Waals surface area contributed by atoms with Gasteiger partial charge in [-0.25, -0.2) is 0 Å². The Morgan fingerprint density at radius 1 is 1.40 bits per heavy atom. The van der Waals surface area contributed by atoms with Crippen molar-refractivity contribution in [2.45, 2.75) is 38.7 Å². The zero-order valence-corrected chi connectivity index (χ0v) is 8.99. The highest BCUT2D eigenvalue weighted by atomic mass is 16.3. The van der Waals surface area contributed by atoms with E-state index < -0.39 is 6.10 Å². The maximum Gasteiger partial charge on any atom is 0.165 e. The third-order valence-electron chi connectivity index (χ3n) is 3.09. The van der Waals surface area contributed by atoms with Crippen LogP contribution in [0.25, 0.3) is 0 Å². The van der Waals surface area contributed by atoms with Gasteiger partial charge in [-0.2, -0.15) is 0 Å². The lowest BCUT2D eigenvalue weighted by Crippen LogP contribution is -2.10. The van der Waals surface area contributed by atoms with E-state index in [-0.39, 0.29) is 5.78 Å². The summed E-state index contributed by atoms with van der Waals surface area (Å²) in [6, 6.07) is 5.91. The Labute approximate surface area is 89.9 Å². The molecule has 0 saturated heterocycles. The number of hydrogen-bond donors (Lipinski definition) is 1. The Morgan fingerprint density at radius 2 is 2.13 bits per heavy atom. The number of aryl methyl sites for hydroxylation is 2.